The molecule has 0 saturated carbocycles. The average Bonchev–Trinajstić information content (AvgIpc) is 3.33. The van der Waals surface area contributed by atoms with Crippen LogP contribution in [0.1, 0.15) is 34.7 Å². The van der Waals surface area contributed by atoms with Gasteiger partial charge in [0.15, 0.2) is 0 Å². The monoisotopic (exact) mass is 514 g/mol. The summed E-state index contributed by atoms with van der Waals surface area (Å²) in [5.41, 5.74) is 5.52. The van der Waals surface area contributed by atoms with E-state index >= 15 is 0 Å². The predicted octanol–water partition coefficient (Wildman–Crippen LogP) is 5.17. The minimum Gasteiger partial charge on any atom is -0.491 e. The number of halogens is 2. The van der Waals surface area contributed by atoms with Crippen molar-refractivity contribution in [1.82, 2.24) is 9.80 Å². The first-order valence-corrected chi connectivity index (χ1v) is 12.3. The number of fused-ring (bicyclic) bond motifs is 1. The molecule has 188 valence electrons. The molecule has 35 heavy (non-hydrogen) atoms. The molecule has 2 aliphatic rings. The maximum absolute atomic E-state index is 10.6. The molecule has 4 nitrogen and oxygen atoms in total. The van der Waals surface area contributed by atoms with Crippen LogP contribution in [0.15, 0.2) is 78.9 Å². The molecule has 0 aromatic heterocycles. The summed E-state index contributed by atoms with van der Waals surface area (Å²) in [6.45, 7) is 4.85. The van der Waals surface area contributed by atoms with Gasteiger partial charge in [0.25, 0.3) is 0 Å². The Bertz CT molecular complexity index is 988. The van der Waals surface area contributed by atoms with Gasteiger partial charge in [0.2, 0.25) is 0 Å². The number of aryl methyl sites for hydroxylation is 2. The predicted molar refractivity (Wildman–Crippen MR) is 147 cm³/mol. The molecule has 0 amide bonds. The number of hydrogen-bond donors (Lipinski definition) is 1. The zero-order valence-corrected chi connectivity index (χ0v) is 21.7. The molecule has 3 aromatic rings. The topological polar surface area (TPSA) is 35.9 Å². The summed E-state index contributed by atoms with van der Waals surface area (Å²) in [5.74, 6) is 0.882. The summed E-state index contributed by atoms with van der Waals surface area (Å²) in [4.78, 5) is 4.93. The van der Waals surface area contributed by atoms with Crippen LogP contribution in [0.5, 0.6) is 5.75 Å². The molecule has 1 aliphatic heterocycles. The second-order valence-corrected chi connectivity index (χ2v) is 9.31. The number of nitrogens with zero attached hydrogens (tertiary/aromatic N) is 2. The SMILES string of the molecule is Cl.Cl.OC(COc1ccc2c(c1)CCC2)CN1CCN(C(c2ccccc2)c2ccccc2)CC1. The van der Waals surface area contributed by atoms with Gasteiger partial charge in [-0.3, -0.25) is 9.80 Å². The van der Waals surface area contributed by atoms with E-state index in [2.05, 4.69) is 82.6 Å². The summed E-state index contributed by atoms with van der Waals surface area (Å²) >= 11 is 0. The molecule has 0 radical (unpaired) electrons. The molecule has 1 atom stereocenters. The highest BCUT2D eigenvalue weighted by Crippen LogP contribution is 2.29. The summed E-state index contributed by atoms with van der Waals surface area (Å²) in [5, 5.41) is 10.6. The lowest BCUT2D eigenvalue weighted by molar-refractivity contribution is 0.0400. The van der Waals surface area contributed by atoms with Gasteiger partial charge in [-0.15, -0.1) is 24.8 Å². The van der Waals surface area contributed by atoms with Gasteiger partial charge < -0.3 is 9.84 Å². The highest BCUT2D eigenvalue weighted by Gasteiger charge is 2.27. The summed E-state index contributed by atoms with van der Waals surface area (Å²) in [6, 6.07) is 28.2. The van der Waals surface area contributed by atoms with Crippen LogP contribution in [0.2, 0.25) is 0 Å². The fourth-order valence-corrected chi connectivity index (χ4v) is 5.27. The molecular weight excluding hydrogens is 479 g/mol. The molecule has 1 aliphatic carbocycles. The fraction of sp³-hybridized carbons (Fsp3) is 0.379. The van der Waals surface area contributed by atoms with Gasteiger partial charge in [-0.25, -0.2) is 0 Å². The molecule has 0 spiro atoms. The smallest absolute Gasteiger partial charge is 0.119 e. The van der Waals surface area contributed by atoms with Crippen molar-refractivity contribution < 1.29 is 9.84 Å². The largest absolute Gasteiger partial charge is 0.491 e. The van der Waals surface area contributed by atoms with Crippen LogP contribution in [0.4, 0.5) is 0 Å². The lowest BCUT2D eigenvalue weighted by Gasteiger charge is -2.40. The van der Waals surface area contributed by atoms with Crippen molar-refractivity contribution in [2.75, 3.05) is 39.3 Å². The van der Waals surface area contributed by atoms with Gasteiger partial charge in [0.05, 0.1) is 6.04 Å². The normalized spacial score (nSPS) is 16.7. The van der Waals surface area contributed by atoms with Crippen molar-refractivity contribution in [2.24, 2.45) is 0 Å². The first-order chi connectivity index (χ1) is 16.3. The van der Waals surface area contributed by atoms with Gasteiger partial charge in [0, 0.05) is 32.7 Å². The molecule has 1 heterocycles. The van der Waals surface area contributed by atoms with E-state index in [0.29, 0.717) is 13.2 Å². The minimum absolute atomic E-state index is 0. The van der Waals surface area contributed by atoms with Crippen LogP contribution < -0.4 is 4.74 Å². The number of piperazine rings is 1. The highest BCUT2D eigenvalue weighted by molar-refractivity contribution is 5.85. The van der Waals surface area contributed by atoms with Gasteiger partial charge in [-0.05, 0) is 53.6 Å². The number of aliphatic hydroxyl groups is 1. The quantitative estimate of drug-likeness (QED) is 0.450. The summed E-state index contributed by atoms with van der Waals surface area (Å²) in [6.07, 6.45) is 3.08. The van der Waals surface area contributed by atoms with E-state index in [-0.39, 0.29) is 30.9 Å². The van der Waals surface area contributed by atoms with Crippen LogP contribution in [0, 0.1) is 0 Å². The molecular formula is C29H36Cl2N2O2. The molecule has 1 unspecified atom stereocenters. The Morgan fingerprint density at radius 2 is 1.34 bits per heavy atom. The fourth-order valence-electron chi connectivity index (χ4n) is 5.27. The Morgan fingerprint density at radius 3 is 1.97 bits per heavy atom. The average molecular weight is 516 g/mol. The van der Waals surface area contributed by atoms with E-state index in [1.54, 1.807) is 0 Å². The Morgan fingerprint density at radius 1 is 0.743 bits per heavy atom. The van der Waals surface area contributed by atoms with Gasteiger partial charge in [-0.2, -0.15) is 0 Å². The Balaban J connectivity index is 0.00000171. The molecule has 6 heteroatoms. The van der Waals surface area contributed by atoms with E-state index in [0.717, 1.165) is 38.3 Å². The van der Waals surface area contributed by atoms with Crippen molar-refractivity contribution >= 4 is 24.8 Å². The Kier molecular flexibility index (Phi) is 10.4. The zero-order valence-electron chi connectivity index (χ0n) is 20.1. The van der Waals surface area contributed by atoms with Gasteiger partial charge >= 0.3 is 0 Å². The maximum Gasteiger partial charge on any atom is 0.119 e. The number of benzene rings is 3. The van der Waals surface area contributed by atoms with E-state index in [1.807, 2.05) is 6.07 Å². The van der Waals surface area contributed by atoms with E-state index in [9.17, 15) is 5.11 Å². The van der Waals surface area contributed by atoms with Crippen LogP contribution in [-0.2, 0) is 12.8 Å². The van der Waals surface area contributed by atoms with Crippen LogP contribution in [0.25, 0.3) is 0 Å². The standard InChI is InChI=1S/C29H34N2O2.2ClH/c32-27(22-33-28-15-14-23-12-7-13-26(23)20-28)21-30-16-18-31(19-17-30)29(24-8-3-1-4-9-24)25-10-5-2-6-11-25;;/h1-6,8-11,14-15,20,27,29,32H,7,12-13,16-19,21-22H2;2*1H. The third kappa shape index (κ3) is 6.99. The minimum atomic E-state index is -0.483. The van der Waals surface area contributed by atoms with Gasteiger partial charge in [-0.1, -0.05) is 66.7 Å². The molecule has 1 saturated heterocycles. The lowest BCUT2D eigenvalue weighted by atomic mass is 9.96. The number of aliphatic hydroxyl groups excluding tert-OH is 1. The molecule has 3 aromatic carbocycles. The summed E-state index contributed by atoms with van der Waals surface area (Å²) < 4.78 is 5.92. The van der Waals surface area contributed by atoms with Crippen molar-refractivity contribution in [3.63, 3.8) is 0 Å². The maximum atomic E-state index is 10.6. The second-order valence-electron chi connectivity index (χ2n) is 9.31. The number of hydrogen-bond acceptors (Lipinski definition) is 4. The first-order valence-electron chi connectivity index (χ1n) is 12.3. The van der Waals surface area contributed by atoms with Crippen molar-refractivity contribution in [1.29, 1.82) is 0 Å². The molecule has 0 bridgehead atoms. The zero-order chi connectivity index (χ0) is 22.5. The van der Waals surface area contributed by atoms with Crippen LogP contribution in [0.3, 0.4) is 0 Å². The van der Waals surface area contributed by atoms with E-state index < -0.39 is 6.10 Å². The lowest BCUT2D eigenvalue weighted by Crippen LogP contribution is -2.50. The highest BCUT2D eigenvalue weighted by atomic mass is 35.5. The van der Waals surface area contributed by atoms with Crippen molar-refractivity contribution in [2.45, 2.75) is 31.4 Å². The van der Waals surface area contributed by atoms with Crippen LogP contribution >= 0.6 is 24.8 Å². The Hall–Kier alpha value is -2.08. The number of β-amino-alcohol motifs (C(OH)–C–C–N with tert-alkyl or cyclic N) is 1. The number of ether oxygens (including phenoxy) is 1. The van der Waals surface area contributed by atoms with Crippen LogP contribution in [-0.4, -0.2) is 60.3 Å². The summed E-state index contributed by atoms with van der Waals surface area (Å²) in [7, 11) is 0. The molecule has 5 rings (SSSR count). The molecule has 1 fully saturated rings. The van der Waals surface area contributed by atoms with Gasteiger partial charge in [0.1, 0.15) is 18.5 Å². The molecule has 1 N–H and O–H groups in total. The third-order valence-corrected chi connectivity index (χ3v) is 6.98. The Labute approximate surface area is 221 Å². The van der Waals surface area contributed by atoms with Crippen molar-refractivity contribution in [3.8, 4) is 5.75 Å². The first kappa shape index (κ1) is 27.5. The van der Waals surface area contributed by atoms with E-state index in [1.165, 1.54) is 35.1 Å². The third-order valence-electron chi connectivity index (χ3n) is 6.98. The second kappa shape index (κ2) is 13.3. The van der Waals surface area contributed by atoms with Crippen molar-refractivity contribution in [3.05, 3.63) is 101 Å². The van der Waals surface area contributed by atoms with E-state index in [4.69, 9.17) is 4.74 Å². The number of rotatable bonds is 8.